The Bertz CT molecular complexity index is 1130. The fraction of sp³-hybridized carbons (Fsp3) is 0.269. The van der Waals surface area contributed by atoms with Crippen LogP contribution in [0, 0.1) is 6.92 Å². The highest BCUT2D eigenvalue weighted by Gasteiger charge is 2.14. The predicted octanol–water partition coefficient (Wildman–Crippen LogP) is 4.30. The van der Waals surface area contributed by atoms with Gasteiger partial charge in [0.15, 0.2) is 5.82 Å². The number of nitrogens with one attached hydrogen (secondary N) is 2. The number of rotatable bonds is 9. The van der Waals surface area contributed by atoms with Gasteiger partial charge in [0, 0.05) is 36.6 Å². The van der Waals surface area contributed by atoms with Gasteiger partial charge < -0.3 is 19.1 Å². The number of ether oxygens (including phenoxy) is 3. The molecular weight excluding hydrogens is 446 g/mol. The van der Waals surface area contributed by atoms with E-state index >= 15 is 0 Å². The first-order valence-electron chi connectivity index (χ1n) is 11.5. The van der Waals surface area contributed by atoms with Gasteiger partial charge in [0.2, 0.25) is 5.88 Å². The lowest BCUT2D eigenvalue weighted by Crippen LogP contribution is -2.36. The molecular formula is C26H29N5O4. The molecule has 0 unspecified atom stereocenters. The molecule has 0 atom stereocenters. The number of morpholine rings is 1. The van der Waals surface area contributed by atoms with Gasteiger partial charge in [-0.15, -0.1) is 0 Å². The molecule has 0 radical (unpaired) electrons. The lowest BCUT2D eigenvalue weighted by molar-refractivity contribution is 0.122. The third-order valence-corrected chi connectivity index (χ3v) is 5.18. The maximum Gasteiger partial charge on any atom is 0.411 e. The number of hydrogen-bond acceptors (Lipinski definition) is 8. The summed E-state index contributed by atoms with van der Waals surface area (Å²) in [5.74, 6) is 0.963. The lowest BCUT2D eigenvalue weighted by atomic mass is 10.2. The molecule has 3 aromatic rings. The maximum absolute atomic E-state index is 11.9. The fourth-order valence-electron chi connectivity index (χ4n) is 3.51. The zero-order valence-electron chi connectivity index (χ0n) is 19.6. The highest BCUT2D eigenvalue weighted by atomic mass is 16.6. The van der Waals surface area contributed by atoms with Crippen LogP contribution in [0.15, 0.2) is 71.8 Å². The van der Waals surface area contributed by atoms with Crippen LogP contribution in [-0.2, 0) is 9.47 Å². The number of benzene rings is 2. The van der Waals surface area contributed by atoms with E-state index in [9.17, 15) is 4.79 Å². The Labute approximate surface area is 204 Å². The number of aromatic nitrogens is 1. The molecule has 2 heterocycles. The first-order chi connectivity index (χ1) is 17.2. The summed E-state index contributed by atoms with van der Waals surface area (Å²) in [6.45, 7) is 5.16. The van der Waals surface area contributed by atoms with Gasteiger partial charge in [-0.1, -0.05) is 48.0 Å². The average Bonchev–Trinajstić information content (AvgIpc) is 2.88. The van der Waals surface area contributed by atoms with Crippen molar-refractivity contribution in [3.63, 3.8) is 0 Å². The number of aryl methyl sites for hydroxylation is 1. The molecule has 1 saturated heterocycles. The van der Waals surface area contributed by atoms with Gasteiger partial charge in [0.25, 0.3) is 0 Å². The molecule has 0 spiro atoms. The van der Waals surface area contributed by atoms with Crippen molar-refractivity contribution < 1.29 is 19.0 Å². The topological polar surface area (TPSA) is 97.3 Å². The van der Waals surface area contributed by atoms with Gasteiger partial charge in [-0.25, -0.2) is 4.79 Å². The number of hydrogen-bond donors (Lipinski definition) is 2. The van der Waals surface area contributed by atoms with Crippen molar-refractivity contribution in [3.05, 3.63) is 77.9 Å². The molecule has 1 aliphatic rings. The Morgan fingerprint density at radius 2 is 1.91 bits per heavy atom. The van der Waals surface area contributed by atoms with Crippen LogP contribution in [0.2, 0.25) is 0 Å². The number of carbonyl (C=O) groups is 1. The second kappa shape index (κ2) is 12.4. The second-order valence-corrected chi connectivity index (χ2v) is 7.91. The number of nitrogens with zero attached hydrogens (tertiary/aromatic N) is 3. The number of amides is 1. The maximum atomic E-state index is 11.9. The van der Waals surface area contributed by atoms with E-state index in [0.29, 0.717) is 30.6 Å². The highest BCUT2D eigenvalue weighted by molar-refractivity contribution is 5.84. The van der Waals surface area contributed by atoms with Gasteiger partial charge in [-0.2, -0.15) is 10.1 Å². The van der Waals surface area contributed by atoms with E-state index in [0.717, 1.165) is 29.9 Å². The van der Waals surface area contributed by atoms with Crippen molar-refractivity contribution in [2.24, 2.45) is 5.10 Å². The Balaban J connectivity index is 1.36. The van der Waals surface area contributed by atoms with Crippen LogP contribution in [0.25, 0.3) is 0 Å². The van der Waals surface area contributed by atoms with E-state index in [-0.39, 0.29) is 13.2 Å². The minimum absolute atomic E-state index is 0.0798. The van der Waals surface area contributed by atoms with Crippen molar-refractivity contribution >= 4 is 29.5 Å². The number of pyridine rings is 1. The molecule has 1 aromatic heterocycles. The summed E-state index contributed by atoms with van der Waals surface area (Å²) >= 11 is 0. The Hall–Kier alpha value is -4.11. The zero-order valence-corrected chi connectivity index (χ0v) is 19.6. The van der Waals surface area contributed by atoms with Crippen LogP contribution in [0.3, 0.4) is 0 Å². The number of anilines is 3. The van der Waals surface area contributed by atoms with Crippen LogP contribution in [-0.4, -0.2) is 56.8 Å². The van der Waals surface area contributed by atoms with Crippen LogP contribution in [0.5, 0.6) is 5.88 Å². The molecule has 2 N–H and O–H groups in total. The van der Waals surface area contributed by atoms with Crippen molar-refractivity contribution in [1.29, 1.82) is 0 Å². The summed E-state index contributed by atoms with van der Waals surface area (Å²) in [4.78, 5) is 18.7. The quantitative estimate of drug-likeness (QED) is 0.271. The largest absolute Gasteiger partial charge is 0.474 e. The van der Waals surface area contributed by atoms with E-state index in [1.54, 1.807) is 18.3 Å². The summed E-state index contributed by atoms with van der Waals surface area (Å²) in [7, 11) is 0. The third kappa shape index (κ3) is 7.72. The van der Waals surface area contributed by atoms with E-state index < -0.39 is 6.09 Å². The van der Waals surface area contributed by atoms with Crippen molar-refractivity contribution in [2.45, 2.75) is 6.92 Å². The van der Waals surface area contributed by atoms with E-state index in [1.807, 2.05) is 61.5 Å². The molecule has 0 bridgehead atoms. The molecule has 0 saturated carbocycles. The molecule has 4 rings (SSSR count). The number of hydrazone groups is 1. The monoisotopic (exact) mass is 475 g/mol. The number of carbonyl (C=O) groups excluding carboxylic acids is 1. The van der Waals surface area contributed by atoms with Crippen LogP contribution >= 0.6 is 0 Å². The van der Waals surface area contributed by atoms with Gasteiger partial charge in [-0.05, 0) is 24.6 Å². The molecule has 9 heteroatoms. The van der Waals surface area contributed by atoms with Crippen molar-refractivity contribution in [2.75, 3.05) is 55.2 Å². The predicted molar refractivity (Wildman–Crippen MR) is 137 cm³/mol. The minimum Gasteiger partial charge on any atom is -0.474 e. The Kier molecular flexibility index (Phi) is 8.50. The van der Waals surface area contributed by atoms with Gasteiger partial charge >= 0.3 is 6.09 Å². The van der Waals surface area contributed by atoms with Gasteiger partial charge in [-0.3, -0.25) is 10.7 Å². The Morgan fingerprint density at radius 1 is 1.09 bits per heavy atom. The molecule has 1 aliphatic heterocycles. The highest BCUT2D eigenvalue weighted by Crippen LogP contribution is 2.25. The van der Waals surface area contributed by atoms with E-state index in [2.05, 4.69) is 25.7 Å². The van der Waals surface area contributed by atoms with Crippen LogP contribution in [0.4, 0.5) is 22.0 Å². The lowest BCUT2D eigenvalue weighted by Gasteiger charge is -2.29. The van der Waals surface area contributed by atoms with Gasteiger partial charge in [0.05, 0.1) is 19.4 Å². The summed E-state index contributed by atoms with van der Waals surface area (Å²) < 4.78 is 16.5. The summed E-state index contributed by atoms with van der Waals surface area (Å²) in [6.07, 6.45) is 1.21. The summed E-state index contributed by atoms with van der Waals surface area (Å²) in [5, 5.41) is 6.99. The second-order valence-electron chi connectivity index (χ2n) is 7.91. The SMILES string of the molecule is Cc1cccc(C=NNc2cc(N3CCOCC3)cc(OCCOC(=O)Nc3ccccc3)n2)c1. The van der Waals surface area contributed by atoms with Crippen LogP contribution < -0.4 is 20.4 Å². The molecule has 35 heavy (non-hydrogen) atoms. The molecule has 9 nitrogen and oxygen atoms in total. The van der Waals surface area contributed by atoms with Crippen LogP contribution in [0.1, 0.15) is 11.1 Å². The zero-order chi connectivity index (χ0) is 24.3. The normalized spacial score (nSPS) is 13.5. The third-order valence-electron chi connectivity index (χ3n) is 5.18. The summed E-state index contributed by atoms with van der Waals surface area (Å²) in [6, 6.07) is 21.0. The Morgan fingerprint density at radius 3 is 2.71 bits per heavy atom. The average molecular weight is 476 g/mol. The molecule has 2 aromatic carbocycles. The molecule has 1 fully saturated rings. The van der Waals surface area contributed by atoms with Gasteiger partial charge in [0.1, 0.15) is 13.2 Å². The fourth-order valence-corrected chi connectivity index (χ4v) is 3.51. The smallest absolute Gasteiger partial charge is 0.411 e. The standard InChI is InChI=1S/C26H29N5O4/c1-20-6-5-7-21(16-20)19-27-30-24-17-23(31-10-12-33-13-11-31)18-25(29-24)34-14-15-35-26(32)28-22-8-3-2-4-9-22/h2-9,16-19H,10-15H2,1H3,(H,28,32)(H,29,30). The van der Waals surface area contributed by atoms with Crippen molar-refractivity contribution in [1.82, 2.24) is 4.98 Å². The minimum atomic E-state index is -0.539. The molecule has 0 aliphatic carbocycles. The van der Waals surface area contributed by atoms with E-state index in [4.69, 9.17) is 14.2 Å². The first kappa shape index (κ1) is 24.0. The molecule has 182 valence electrons. The molecule has 1 amide bonds. The van der Waals surface area contributed by atoms with E-state index in [1.165, 1.54) is 0 Å². The van der Waals surface area contributed by atoms with Crippen molar-refractivity contribution in [3.8, 4) is 5.88 Å². The summed E-state index contributed by atoms with van der Waals surface area (Å²) in [5.41, 5.74) is 6.77. The first-order valence-corrected chi connectivity index (χ1v) is 11.5. The number of para-hydroxylation sites is 1.